The van der Waals surface area contributed by atoms with Crippen LogP contribution in [-0.2, 0) is 6.54 Å². The van der Waals surface area contributed by atoms with Crippen LogP contribution in [0.15, 0.2) is 24.3 Å². The van der Waals surface area contributed by atoms with Crippen molar-refractivity contribution in [3.8, 4) is 0 Å². The molecule has 1 heterocycles. The number of likely N-dealkylation sites (tertiary alicyclic amines) is 1. The van der Waals surface area contributed by atoms with E-state index in [4.69, 9.17) is 0 Å². The normalized spacial score (nSPS) is 21.2. The summed E-state index contributed by atoms with van der Waals surface area (Å²) in [5.41, 5.74) is 0.963. The van der Waals surface area contributed by atoms with E-state index in [9.17, 15) is 9.50 Å². The zero-order valence-corrected chi connectivity index (χ0v) is 16.1. The third-order valence-electron chi connectivity index (χ3n) is 4.15. The predicted octanol–water partition coefficient (Wildman–Crippen LogP) is 2.15. The molecule has 24 heavy (non-hydrogen) atoms. The van der Waals surface area contributed by atoms with Gasteiger partial charge in [-0.05, 0) is 57.7 Å². The Morgan fingerprint density at radius 3 is 2.71 bits per heavy atom. The number of hydrogen-bond donors (Lipinski definition) is 2. The molecule has 0 unspecified atom stereocenters. The second kappa shape index (κ2) is 12.0. The van der Waals surface area contributed by atoms with E-state index in [0.717, 1.165) is 38.0 Å². The van der Waals surface area contributed by atoms with Crippen LogP contribution in [0.3, 0.4) is 0 Å². The maximum atomic E-state index is 13.2. The van der Waals surface area contributed by atoms with Crippen LogP contribution in [0.1, 0.15) is 18.4 Å². The summed E-state index contributed by atoms with van der Waals surface area (Å²) in [5.74, 6) is -0.199. The molecule has 0 amide bonds. The molecule has 2 rings (SSSR count). The fraction of sp³-hybridized carbons (Fsp3) is 0.647. The smallest absolute Gasteiger partial charge is 0.123 e. The van der Waals surface area contributed by atoms with Crippen molar-refractivity contribution in [1.29, 1.82) is 0 Å². The quantitative estimate of drug-likeness (QED) is 0.709. The zero-order valence-electron chi connectivity index (χ0n) is 14.4. The molecule has 0 aliphatic carbocycles. The van der Waals surface area contributed by atoms with Gasteiger partial charge in [0.15, 0.2) is 0 Å². The van der Waals surface area contributed by atoms with E-state index in [1.165, 1.54) is 6.07 Å². The summed E-state index contributed by atoms with van der Waals surface area (Å²) < 4.78 is 13.2. The van der Waals surface area contributed by atoms with E-state index in [-0.39, 0.29) is 42.8 Å². The van der Waals surface area contributed by atoms with Crippen LogP contribution in [-0.4, -0.2) is 67.3 Å². The van der Waals surface area contributed by atoms with Crippen molar-refractivity contribution in [2.24, 2.45) is 0 Å². The Labute approximate surface area is 157 Å². The van der Waals surface area contributed by atoms with Gasteiger partial charge in [-0.1, -0.05) is 12.1 Å². The molecular weight excluding hydrogens is 352 g/mol. The summed E-state index contributed by atoms with van der Waals surface area (Å²) >= 11 is 0. The summed E-state index contributed by atoms with van der Waals surface area (Å²) in [4.78, 5) is 4.36. The van der Waals surface area contributed by atoms with Gasteiger partial charge in [-0.2, -0.15) is 0 Å². The number of aliphatic hydroxyl groups excluding tert-OH is 1. The third-order valence-corrected chi connectivity index (χ3v) is 4.15. The Hall–Kier alpha value is -0.430. The monoisotopic (exact) mass is 381 g/mol. The van der Waals surface area contributed by atoms with Gasteiger partial charge in [0.1, 0.15) is 5.82 Å². The lowest BCUT2D eigenvalue weighted by Gasteiger charge is -2.36. The van der Waals surface area contributed by atoms with Crippen molar-refractivity contribution in [2.45, 2.75) is 31.5 Å². The topological polar surface area (TPSA) is 38.7 Å². The van der Waals surface area contributed by atoms with Crippen molar-refractivity contribution in [1.82, 2.24) is 15.1 Å². The van der Waals surface area contributed by atoms with E-state index in [1.54, 1.807) is 12.1 Å². The molecule has 1 saturated heterocycles. The number of nitrogens with zero attached hydrogens (tertiary/aromatic N) is 2. The lowest BCUT2D eigenvalue weighted by Crippen LogP contribution is -2.52. The second-order valence-corrected chi connectivity index (χ2v) is 6.44. The second-order valence-electron chi connectivity index (χ2n) is 6.44. The minimum atomic E-state index is -0.360. The van der Waals surface area contributed by atoms with Crippen molar-refractivity contribution in [3.05, 3.63) is 35.6 Å². The third kappa shape index (κ3) is 8.10. The average Bonchev–Trinajstić information content (AvgIpc) is 2.45. The van der Waals surface area contributed by atoms with Gasteiger partial charge >= 0.3 is 0 Å². The molecule has 1 fully saturated rings. The van der Waals surface area contributed by atoms with Gasteiger partial charge in [0, 0.05) is 25.7 Å². The molecular formula is C17H30Cl2FN3O. The Kier molecular flexibility index (Phi) is 11.8. The Balaban J connectivity index is 0.00000264. The SMILES string of the molecule is CN(C)CCCN[C@@H]1CCN(Cc2cccc(F)c2)C[C@H]1O.Cl.Cl. The number of benzene rings is 1. The van der Waals surface area contributed by atoms with Crippen molar-refractivity contribution in [2.75, 3.05) is 40.3 Å². The highest BCUT2D eigenvalue weighted by atomic mass is 35.5. The highest BCUT2D eigenvalue weighted by Crippen LogP contribution is 2.15. The summed E-state index contributed by atoms with van der Waals surface area (Å²) in [6.07, 6.45) is 1.66. The molecule has 2 N–H and O–H groups in total. The lowest BCUT2D eigenvalue weighted by molar-refractivity contribution is 0.0370. The highest BCUT2D eigenvalue weighted by Gasteiger charge is 2.27. The minimum Gasteiger partial charge on any atom is -0.390 e. The maximum Gasteiger partial charge on any atom is 0.123 e. The van der Waals surface area contributed by atoms with E-state index in [0.29, 0.717) is 13.1 Å². The van der Waals surface area contributed by atoms with Crippen LogP contribution in [0.2, 0.25) is 0 Å². The van der Waals surface area contributed by atoms with Gasteiger partial charge in [0.2, 0.25) is 0 Å². The van der Waals surface area contributed by atoms with Gasteiger partial charge in [-0.15, -0.1) is 24.8 Å². The summed E-state index contributed by atoms with van der Waals surface area (Å²) in [6.45, 7) is 4.26. The molecule has 2 atom stereocenters. The number of nitrogens with one attached hydrogen (secondary N) is 1. The van der Waals surface area contributed by atoms with E-state index in [1.807, 2.05) is 6.07 Å². The molecule has 0 saturated carbocycles. The summed E-state index contributed by atoms with van der Waals surface area (Å²) in [5, 5.41) is 13.7. The summed E-state index contributed by atoms with van der Waals surface area (Å²) in [6, 6.07) is 6.87. The first-order valence-corrected chi connectivity index (χ1v) is 8.07. The maximum absolute atomic E-state index is 13.2. The molecule has 4 nitrogen and oxygen atoms in total. The molecule has 1 aromatic carbocycles. The Morgan fingerprint density at radius 1 is 1.33 bits per heavy atom. The van der Waals surface area contributed by atoms with Crippen molar-refractivity contribution in [3.63, 3.8) is 0 Å². The first kappa shape index (κ1) is 23.6. The first-order valence-electron chi connectivity index (χ1n) is 8.07. The Bertz CT molecular complexity index is 465. The standard InChI is InChI=1S/C17H28FN3O.2ClH/c1-20(2)9-4-8-19-16-7-10-21(13-17(16)22)12-14-5-3-6-15(18)11-14;;/h3,5-6,11,16-17,19,22H,4,7-10,12-13H2,1-2H3;2*1H/t16-,17-;;/m1../s1. The van der Waals surface area contributed by atoms with Gasteiger partial charge in [0.05, 0.1) is 6.10 Å². The molecule has 0 spiro atoms. The van der Waals surface area contributed by atoms with Gasteiger partial charge in [-0.25, -0.2) is 4.39 Å². The lowest BCUT2D eigenvalue weighted by atomic mass is 10.0. The average molecular weight is 382 g/mol. The number of halogens is 3. The van der Waals surface area contributed by atoms with Crippen LogP contribution in [0.5, 0.6) is 0 Å². The highest BCUT2D eigenvalue weighted by molar-refractivity contribution is 5.85. The van der Waals surface area contributed by atoms with E-state index < -0.39 is 0 Å². The number of aliphatic hydroxyl groups is 1. The van der Waals surface area contributed by atoms with Gasteiger partial charge in [0.25, 0.3) is 0 Å². The fourth-order valence-electron chi connectivity index (χ4n) is 2.96. The number of piperidine rings is 1. The molecule has 1 aliphatic rings. The van der Waals surface area contributed by atoms with Crippen LogP contribution >= 0.6 is 24.8 Å². The molecule has 0 aromatic heterocycles. The summed E-state index contributed by atoms with van der Waals surface area (Å²) in [7, 11) is 4.14. The van der Waals surface area contributed by atoms with Crippen LogP contribution in [0.25, 0.3) is 0 Å². The van der Waals surface area contributed by atoms with Gasteiger partial charge < -0.3 is 15.3 Å². The zero-order chi connectivity index (χ0) is 15.9. The predicted molar refractivity (Wildman–Crippen MR) is 102 cm³/mol. The Morgan fingerprint density at radius 2 is 2.08 bits per heavy atom. The number of rotatable bonds is 7. The number of β-amino-alcohol motifs (C(OH)–C–C–N with tert-alkyl or cyclic N) is 1. The molecule has 1 aromatic rings. The van der Waals surface area contributed by atoms with E-state index in [2.05, 4.69) is 29.2 Å². The van der Waals surface area contributed by atoms with Crippen LogP contribution < -0.4 is 5.32 Å². The van der Waals surface area contributed by atoms with Crippen LogP contribution in [0, 0.1) is 5.82 Å². The first-order chi connectivity index (χ1) is 10.5. The van der Waals surface area contributed by atoms with E-state index >= 15 is 0 Å². The molecule has 140 valence electrons. The molecule has 7 heteroatoms. The van der Waals surface area contributed by atoms with Crippen molar-refractivity contribution < 1.29 is 9.50 Å². The minimum absolute atomic E-state index is 0. The van der Waals surface area contributed by atoms with Crippen LogP contribution in [0.4, 0.5) is 4.39 Å². The van der Waals surface area contributed by atoms with Gasteiger partial charge in [-0.3, -0.25) is 4.90 Å². The van der Waals surface area contributed by atoms with Crippen molar-refractivity contribution >= 4 is 24.8 Å². The molecule has 0 radical (unpaired) electrons. The fourth-order valence-corrected chi connectivity index (χ4v) is 2.96. The largest absolute Gasteiger partial charge is 0.390 e. The number of hydrogen-bond acceptors (Lipinski definition) is 4. The molecule has 0 bridgehead atoms. The molecule has 1 aliphatic heterocycles.